The zero-order valence-corrected chi connectivity index (χ0v) is 20.5. The molecule has 0 radical (unpaired) electrons. The fraction of sp³-hybridized carbons (Fsp3) is 0.296. The number of phenolic OH excluding ortho intramolecular Hbond substituents is 2. The maximum absolute atomic E-state index is 13.2. The molecule has 10 nitrogen and oxygen atoms in total. The molecule has 2 aliphatic heterocycles. The highest BCUT2D eigenvalue weighted by Gasteiger charge is 2.40. The number of aryl methyl sites for hydroxylation is 1. The summed E-state index contributed by atoms with van der Waals surface area (Å²) in [4.78, 5) is 43.9. The van der Waals surface area contributed by atoms with E-state index in [0.717, 1.165) is 12.0 Å². The second-order valence-corrected chi connectivity index (χ2v) is 8.52. The number of aromatic nitrogens is 1. The Morgan fingerprint density at radius 1 is 1.03 bits per heavy atom. The number of rotatable bonds is 3. The van der Waals surface area contributed by atoms with Gasteiger partial charge in [-0.3, -0.25) is 9.59 Å². The molecule has 0 bridgehead atoms. The van der Waals surface area contributed by atoms with Gasteiger partial charge < -0.3 is 29.2 Å². The van der Waals surface area contributed by atoms with Crippen molar-refractivity contribution in [3.05, 3.63) is 87.8 Å². The molecule has 3 aromatic rings. The minimum absolute atomic E-state index is 0.0772. The highest BCUT2D eigenvalue weighted by molar-refractivity contribution is 5.96. The van der Waals surface area contributed by atoms with E-state index in [9.17, 15) is 9.59 Å². The average Bonchev–Trinajstić information content (AvgIpc) is 2.88. The molecule has 0 aliphatic carbocycles. The molecule has 1 amide bonds. The Morgan fingerprint density at radius 3 is 2.22 bits per heavy atom. The maximum atomic E-state index is 13.2. The zero-order valence-electron chi connectivity index (χ0n) is 20.5. The van der Waals surface area contributed by atoms with Crippen LogP contribution in [-0.2, 0) is 27.5 Å². The largest absolute Gasteiger partial charge is 0.508 e. The molecule has 5 rings (SSSR count). The van der Waals surface area contributed by atoms with E-state index in [1.165, 1.54) is 24.3 Å². The van der Waals surface area contributed by atoms with Crippen LogP contribution in [-0.4, -0.2) is 50.6 Å². The quantitative estimate of drug-likeness (QED) is 0.516. The summed E-state index contributed by atoms with van der Waals surface area (Å²) in [5.74, 6) is 0.272. The highest BCUT2D eigenvalue weighted by Crippen LogP contribution is 2.30. The van der Waals surface area contributed by atoms with E-state index in [-0.39, 0.29) is 53.6 Å². The van der Waals surface area contributed by atoms with Gasteiger partial charge in [-0.15, -0.1) is 0 Å². The predicted molar refractivity (Wildman–Crippen MR) is 131 cm³/mol. The van der Waals surface area contributed by atoms with Gasteiger partial charge in [-0.05, 0) is 50.1 Å². The minimum Gasteiger partial charge on any atom is -0.508 e. The monoisotopic (exact) mass is 508 g/mol. The maximum Gasteiger partial charge on any atom is 0.373 e. The molecule has 1 saturated heterocycles. The van der Waals surface area contributed by atoms with Crippen molar-refractivity contribution in [3.8, 4) is 17.2 Å². The van der Waals surface area contributed by atoms with Gasteiger partial charge in [-0.25, -0.2) is 0 Å². The van der Waals surface area contributed by atoms with Crippen molar-refractivity contribution in [2.45, 2.75) is 45.7 Å². The van der Waals surface area contributed by atoms with Gasteiger partial charge in [0.25, 0.3) is 5.91 Å². The van der Waals surface area contributed by atoms with Crippen LogP contribution in [0.2, 0.25) is 0 Å². The molecule has 0 saturated carbocycles. The van der Waals surface area contributed by atoms with Crippen molar-refractivity contribution in [2.75, 3.05) is 6.61 Å². The number of ether oxygens (including phenoxy) is 2. The third-order valence-electron chi connectivity index (χ3n) is 5.91. The lowest BCUT2D eigenvalue weighted by molar-refractivity contribution is -0.191. The van der Waals surface area contributed by atoms with Crippen LogP contribution in [0.4, 0.5) is 0 Å². The van der Waals surface area contributed by atoms with Crippen LogP contribution in [0.25, 0.3) is 0 Å². The van der Waals surface area contributed by atoms with Gasteiger partial charge in [-0.2, -0.15) is 9.59 Å². The lowest BCUT2D eigenvalue weighted by Crippen LogP contribution is -2.57. The van der Waals surface area contributed by atoms with Crippen LogP contribution in [0, 0.1) is 6.92 Å². The van der Waals surface area contributed by atoms with Crippen LogP contribution in [0.1, 0.15) is 35.0 Å². The molecule has 3 heterocycles. The second kappa shape index (κ2) is 12.5. The summed E-state index contributed by atoms with van der Waals surface area (Å²) in [7, 11) is 0. The van der Waals surface area contributed by atoms with Crippen LogP contribution in [0.5, 0.6) is 17.2 Å². The van der Waals surface area contributed by atoms with Gasteiger partial charge in [0.15, 0.2) is 17.7 Å². The second-order valence-electron chi connectivity index (χ2n) is 8.52. The van der Waals surface area contributed by atoms with Gasteiger partial charge in [0.2, 0.25) is 5.43 Å². The number of benzene rings is 2. The number of carbonyl (C=O) groups excluding carboxylic acids is 3. The number of pyridine rings is 1. The molecule has 1 aromatic heterocycles. The highest BCUT2D eigenvalue weighted by atomic mass is 16.5. The molecule has 2 N–H and O–H groups in total. The lowest BCUT2D eigenvalue weighted by Gasteiger charge is -2.44. The predicted octanol–water partition coefficient (Wildman–Crippen LogP) is 2.84. The van der Waals surface area contributed by atoms with Gasteiger partial charge in [0, 0.05) is 17.8 Å². The third kappa shape index (κ3) is 6.63. The topological polar surface area (TPSA) is 135 Å². The Morgan fingerprint density at radius 2 is 1.62 bits per heavy atom. The molecule has 2 atom stereocenters. The Labute approximate surface area is 213 Å². The van der Waals surface area contributed by atoms with Crippen molar-refractivity contribution in [3.63, 3.8) is 0 Å². The normalized spacial score (nSPS) is 17.6. The van der Waals surface area contributed by atoms with Crippen molar-refractivity contribution in [2.24, 2.45) is 0 Å². The average molecular weight is 509 g/mol. The molecule has 37 heavy (non-hydrogen) atoms. The lowest BCUT2D eigenvalue weighted by atomic mass is 10.1. The summed E-state index contributed by atoms with van der Waals surface area (Å²) >= 11 is 0. The number of aromatic hydroxyl groups is 2. The molecule has 2 aliphatic rings. The van der Waals surface area contributed by atoms with Crippen molar-refractivity contribution in [1.82, 2.24) is 9.47 Å². The SMILES string of the molecule is Cc1cn2c(c(OCc3ccccc3)c1=O)C(=O)N1[C@H](C)CCO[C@H]1C2.O=C=O.Oc1ccc(O)cc1. The van der Waals surface area contributed by atoms with E-state index in [2.05, 4.69) is 0 Å². The van der Waals surface area contributed by atoms with Crippen molar-refractivity contribution >= 4 is 12.1 Å². The van der Waals surface area contributed by atoms with E-state index in [1.54, 1.807) is 22.6 Å². The fourth-order valence-electron chi connectivity index (χ4n) is 4.09. The molecule has 2 aromatic carbocycles. The van der Waals surface area contributed by atoms with E-state index in [0.29, 0.717) is 24.4 Å². The third-order valence-corrected chi connectivity index (χ3v) is 5.91. The van der Waals surface area contributed by atoms with E-state index < -0.39 is 0 Å². The number of amides is 1. The summed E-state index contributed by atoms with van der Waals surface area (Å²) in [5.41, 5.74) is 1.60. The summed E-state index contributed by atoms with van der Waals surface area (Å²) in [6.07, 6.45) is 2.48. The van der Waals surface area contributed by atoms with Crippen LogP contribution in [0.15, 0.2) is 65.6 Å². The Bertz CT molecular complexity index is 1280. The Hall–Kier alpha value is -4.40. The van der Waals surface area contributed by atoms with Crippen LogP contribution >= 0.6 is 0 Å². The summed E-state index contributed by atoms with van der Waals surface area (Å²) in [6, 6.07) is 15.4. The van der Waals surface area contributed by atoms with Crippen LogP contribution < -0.4 is 10.2 Å². The fourth-order valence-corrected chi connectivity index (χ4v) is 4.09. The Kier molecular flexibility index (Phi) is 9.21. The van der Waals surface area contributed by atoms with E-state index in [4.69, 9.17) is 29.3 Å². The number of fused-ring (bicyclic) bond motifs is 2. The molecule has 0 unspecified atom stereocenters. The van der Waals surface area contributed by atoms with E-state index >= 15 is 0 Å². The van der Waals surface area contributed by atoms with Gasteiger partial charge in [-0.1, -0.05) is 30.3 Å². The summed E-state index contributed by atoms with van der Waals surface area (Å²) in [6.45, 7) is 5.15. The molecule has 194 valence electrons. The standard InChI is InChI=1S/C20H22N2O4.C6H6O2.CO2/c1-13-10-21-11-16-22(14(2)8-9-25-16)20(24)17(21)19(18(13)23)26-12-15-6-4-3-5-7-15;7-5-1-2-6(8)4-3-5;2-1-3/h3-7,10,14,16H,8-9,11-12H2,1-2H3;1-4,7-8H;/t14-,16+;;/m1../s1. The first-order chi connectivity index (χ1) is 17.8. The van der Waals surface area contributed by atoms with Crippen molar-refractivity contribution < 1.29 is 34.1 Å². The number of nitrogens with zero attached hydrogens (tertiary/aromatic N) is 2. The first kappa shape index (κ1) is 27.2. The molecular formula is C27H28N2O8. The molecule has 1 fully saturated rings. The number of carbonyl (C=O) groups is 1. The summed E-state index contributed by atoms with van der Waals surface area (Å²) < 4.78 is 13.5. The van der Waals surface area contributed by atoms with Gasteiger partial charge in [0.1, 0.15) is 18.1 Å². The molecule has 0 spiro atoms. The zero-order chi connectivity index (χ0) is 26.9. The van der Waals surface area contributed by atoms with Crippen LogP contribution in [0.3, 0.4) is 0 Å². The first-order valence-corrected chi connectivity index (χ1v) is 11.6. The van der Waals surface area contributed by atoms with Gasteiger partial charge in [0.05, 0.1) is 13.2 Å². The first-order valence-electron chi connectivity index (χ1n) is 11.6. The van der Waals surface area contributed by atoms with E-state index in [1.807, 2.05) is 37.3 Å². The summed E-state index contributed by atoms with van der Waals surface area (Å²) in [5, 5.41) is 17.3. The molecular weight excluding hydrogens is 480 g/mol. The number of hydrogen-bond donors (Lipinski definition) is 2. The molecule has 10 heteroatoms. The minimum atomic E-state index is -0.289. The smallest absolute Gasteiger partial charge is 0.373 e. The number of phenols is 2. The Balaban J connectivity index is 0.000000290. The van der Waals surface area contributed by atoms with Gasteiger partial charge >= 0.3 is 6.15 Å². The number of hydrogen-bond acceptors (Lipinski definition) is 8. The van der Waals surface area contributed by atoms with Crippen molar-refractivity contribution in [1.29, 1.82) is 0 Å².